The standard InChI is InChI=1S/C15H13FO2/c16-14-6-4-12(5-7-14)15-11(8-9-17)2-1-3-13(15)10-18/h1-7,10,17H,8-9H2. The molecule has 0 unspecified atom stereocenters. The van der Waals surface area contributed by atoms with E-state index >= 15 is 0 Å². The molecule has 92 valence electrons. The van der Waals surface area contributed by atoms with E-state index in [1.165, 1.54) is 12.1 Å². The molecule has 0 saturated heterocycles. The number of hydrogen-bond acceptors (Lipinski definition) is 2. The molecule has 0 saturated carbocycles. The second-order valence-electron chi connectivity index (χ2n) is 3.98. The summed E-state index contributed by atoms with van der Waals surface area (Å²) in [5.41, 5.74) is 2.98. The molecule has 0 aliphatic carbocycles. The molecule has 0 atom stereocenters. The average molecular weight is 244 g/mol. The van der Waals surface area contributed by atoms with Crippen LogP contribution in [0, 0.1) is 5.82 Å². The highest BCUT2D eigenvalue weighted by atomic mass is 19.1. The zero-order chi connectivity index (χ0) is 13.0. The van der Waals surface area contributed by atoms with Gasteiger partial charge in [-0.1, -0.05) is 30.3 Å². The number of aldehydes is 1. The molecule has 0 spiro atoms. The third kappa shape index (κ3) is 2.46. The summed E-state index contributed by atoms with van der Waals surface area (Å²) in [5, 5.41) is 9.05. The quantitative estimate of drug-likeness (QED) is 0.840. The molecule has 18 heavy (non-hydrogen) atoms. The molecular formula is C15H13FO2. The Labute approximate surface area is 105 Å². The zero-order valence-corrected chi connectivity index (χ0v) is 9.77. The normalized spacial score (nSPS) is 10.3. The van der Waals surface area contributed by atoms with Gasteiger partial charge in [-0.3, -0.25) is 4.79 Å². The molecule has 0 amide bonds. The summed E-state index contributed by atoms with van der Waals surface area (Å²) in [4.78, 5) is 11.1. The van der Waals surface area contributed by atoms with Gasteiger partial charge in [0.15, 0.2) is 6.29 Å². The van der Waals surface area contributed by atoms with Gasteiger partial charge < -0.3 is 5.11 Å². The van der Waals surface area contributed by atoms with Crippen LogP contribution in [0.3, 0.4) is 0 Å². The zero-order valence-electron chi connectivity index (χ0n) is 9.77. The third-order valence-corrected chi connectivity index (χ3v) is 2.82. The summed E-state index contributed by atoms with van der Waals surface area (Å²) in [6.45, 7) is 0.0104. The summed E-state index contributed by atoms with van der Waals surface area (Å²) in [6, 6.07) is 11.4. The molecule has 0 fully saturated rings. The Morgan fingerprint density at radius 1 is 1.11 bits per heavy atom. The Bertz CT molecular complexity index is 547. The van der Waals surface area contributed by atoms with Crippen molar-refractivity contribution in [3.8, 4) is 11.1 Å². The summed E-state index contributed by atoms with van der Waals surface area (Å²) in [5.74, 6) is -0.314. The molecule has 2 aromatic rings. The van der Waals surface area contributed by atoms with Gasteiger partial charge in [0, 0.05) is 12.2 Å². The lowest BCUT2D eigenvalue weighted by Gasteiger charge is -2.11. The molecule has 1 N–H and O–H groups in total. The van der Waals surface area contributed by atoms with Crippen molar-refractivity contribution in [2.45, 2.75) is 6.42 Å². The first-order chi connectivity index (χ1) is 8.76. The summed E-state index contributed by atoms with van der Waals surface area (Å²) in [7, 11) is 0. The molecule has 2 nitrogen and oxygen atoms in total. The van der Waals surface area contributed by atoms with Crippen molar-refractivity contribution in [2.75, 3.05) is 6.61 Å². The van der Waals surface area contributed by atoms with Gasteiger partial charge in [0.25, 0.3) is 0 Å². The predicted octanol–water partition coefficient (Wildman–Crippen LogP) is 2.84. The fourth-order valence-corrected chi connectivity index (χ4v) is 2.02. The number of benzene rings is 2. The second-order valence-corrected chi connectivity index (χ2v) is 3.98. The number of carbonyl (C=O) groups is 1. The van der Waals surface area contributed by atoms with Gasteiger partial charge in [-0.25, -0.2) is 4.39 Å². The van der Waals surface area contributed by atoms with Gasteiger partial charge in [-0.05, 0) is 35.2 Å². The molecule has 0 aliphatic heterocycles. The highest BCUT2D eigenvalue weighted by Gasteiger charge is 2.10. The lowest BCUT2D eigenvalue weighted by Crippen LogP contribution is -1.98. The van der Waals surface area contributed by atoms with Crippen LogP contribution in [0.1, 0.15) is 15.9 Å². The van der Waals surface area contributed by atoms with E-state index < -0.39 is 0 Å². The molecule has 0 aromatic heterocycles. The van der Waals surface area contributed by atoms with Gasteiger partial charge in [-0.15, -0.1) is 0 Å². The number of halogens is 1. The van der Waals surface area contributed by atoms with E-state index in [0.717, 1.165) is 23.0 Å². The lowest BCUT2D eigenvalue weighted by atomic mass is 9.93. The fourth-order valence-electron chi connectivity index (χ4n) is 2.02. The van der Waals surface area contributed by atoms with Crippen LogP contribution in [-0.2, 0) is 6.42 Å². The molecule has 0 bridgehead atoms. The van der Waals surface area contributed by atoms with Crippen LogP contribution in [0.2, 0.25) is 0 Å². The van der Waals surface area contributed by atoms with E-state index in [1.807, 2.05) is 6.07 Å². The van der Waals surface area contributed by atoms with Crippen LogP contribution in [0.5, 0.6) is 0 Å². The summed E-state index contributed by atoms with van der Waals surface area (Å²) >= 11 is 0. The van der Waals surface area contributed by atoms with E-state index in [2.05, 4.69) is 0 Å². The second kappa shape index (κ2) is 5.56. The molecular weight excluding hydrogens is 231 g/mol. The molecule has 0 aliphatic rings. The van der Waals surface area contributed by atoms with Gasteiger partial charge in [0.05, 0.1) is 0 Å². The Kier molecular flexibility index (Phi) is 3.85. The molecule has 0 radical (unpaired) electrons. The fraction of sp³-hybridized carbons (Fsp3) is 0.133. The summed E-state index contributed by atoms with van der Waals surface area (Å²) in [6.07, 6.45) is 1.24. The lowest BCUT2D eigenvalue weighted by molar-refractivity contribution is 0.112. The monoisotopic (exact) mass is 244 g/mol. The molecule has 2 aromatic carbocycles. The number of aliphatic hydroxyl groups excluding tert-OH is 1. The average Bonchev–Trinajstić information content (AvgIpc) is 2.40. The van der Waals surface area contributed by atoms with Crippen LogP contribution in [-0.4, -0.2) is 18.0 Å². The Morgan fingerprint density at radius 2 is 1.83 bits per heavy atom. The smallest absolute Gasteiger partial charge is 0.150 e. The van der Waals surface area contributed by atoms with E-state index in [1.54, 1.807) is 24.3 Å². The molecule has 3 heteroatoms. The van der Waals surface area contributed by atoms with E-state index in [4.69, 9.17) is 5.11 Å². The van der Waals surface area contributed by atoms with Gasteiger partial charge in [0.1, 0.15) is 5.82 Å². The highest BCUT2D eigenvalue weighted by Crippen LogP contribution is 2.27. The van der Waals surface area contributed by atoms with Gasteiger partial charge in [-0.2, -0.15) is 0 Å². The molecule has 2 rings (SSSR count). The maximum atomic E-state index is 12.9. The van der Waals surface area contributed by atoms with Crippen molar-refractivity contribution in [3.63, 3.8) is 0 Å². The van der Waals surface area contributed by atoms with Crippen molar-refractivity contribution in [2.24, 2.45) is 0 Å². The Morgan fingerprint density at radius 3 is 2.44 bits per heavy atom. The van der Waals surface area contributed by atoms with Crippen LogP contribution < -0.4 is 0 Å². The van der Waals surface area contributed by atoms with E-state index in [-0.39, 0.29) is 12.4 Å². The van der Waals surface area contributed by atoms with Crippen molar-refractivity contribution in [3.05, 3.63) is 59.4 Å². The minimum absolute atomic E-state index is 0.0104. The topological polar surface area (TPSA) is 37.3 Å². The number of aliphatic hydroxyl groups is 1. The number of rotatable bonds is 4. The SMILES string of the molecule is O=Cc1cccc(CCO)c1-c1ccc(F)cc1. The molecule has 0 heterocycles. The summed E-state index contributed by atoms with van der Waals surface area (Å²) < 4.78 is 12.9. The van der Waals surface area contributed by atoms with Crippen LogP contribution >= 0.6 is 0 Å². The Hall–Kier alpha value is -2.00. The number of hydrogen-bond donors (Lipinski definition) is 1. The Balaban J connectivity index is 2.59. The highest BCUT2D eigenvalue weighted by molar-refractivity contribution is 5.89. The van der Waals surface area contributed by atoms with Gasteiger partial charge in [0.2, 0.25) is 0 Å². The maximum absolute atomic E-state index is 12.9. The minimum Gasteiger partial charge on any atom is -0.396 e. The van der Waals surface area contributed by atoms with Crippen molar-refractivity contribution >= 4 is 6.29 Å². The third-order valence-electron chi connectivity index (χ3n) is 2.82. The van der Waals surface area contributed by atoms with Crippen molar-refractivity contribution in [1.82, 2.24) is 0 Å². The largest absolute Gasteiger partial charge is 0.396 e. The predicted molar refractivity (Wildman–Crippen MR) is 68.0 cm³/mol. The van der Waals surface area contributed by atoms with Crippen LogP contribution in [0.25, 0.3) is 11.1 Å². The first kappa shape index (κ1) is 12.5. The van der Waals surface area contributed by atoms with Crippen LogP contribution in [0.15, 0.2) is 42.5 Å². The van der Waals surface area contributed by atoms with Gasteiger partial charge >= 0.3 is 0 Å². The first-order valence-corrected chi connectivity index (χ1v) is 5.70. The first-order valence-electron chi connectivity index (χ1n) is 5.70. The van der Waals surface area contributed by atoms with Crippen LogP contribution in [0.4, 0.5) is 4.39 Å². The van der Waals surface area contributed by atoms with Crippen molar-refractivity contribution < 1.29 is 14.3 Å². The number of carbonyl (C=O) groups excluding carboxylic acids is 1. The maximum Gasteiger partial charge on any atom is 0.150 e. The minimum atomic E-state index is -0.314. The van der Waals surface area contributed by atoms with Crippen molar-refractivity contribution in [1.29, 1.82) is 0 Å². The van der Waals surface area contributed by atoms with E-state index in [9.17, 15) is 9.18 Å². The van der Waals surface area contributed by atoms with E-state index in [0.29, 0.717) is 12.0 Å².